The molecule has 0 fully saturated rings. The van der Waals surface area contributed by atoms with Gasteiger partial charge in [0.1, 0.15) is 0 Å². The van der Waals surface area contributed by atoms with Gasteiger partial charge in [0.2, 0.25) is 0 Å². The summed E-state index contributed by atoms with van der Waals surface area (Å²) in [4.78, 5) is 4.65. The molecule has 2 heterocycles. The van der Waals surface area contributed by atoms with Crippen LogP contribution >= 0.6 is 0 Å². The first-order valence-electron chi connectivity index (χ1n) is 7.36. The molecule has 0 aliphatic heterocycles. The minimum atomic E-state index is 0.0588. The third-order valence-corrected chi connectivity index (χ3v) is 3.73. The Kier molecular flexibility index (Phi) is 3.97. The Bertz CT molecular complexity index is 727. The predicted molar refractivity (Wildman–Crippen MR) is 85.1 cm³/mol. The fourth-order valence-electron chi connectivity index (χ4n) is 2.67. The monoisotopic (exact) mass is 280 g/mol. The van der Waals surface area contributed by atoms with Crippen LogP contribution in [-0.4, -0.2) is 21.3 Å². The zero-order valence-corrected chi connectivity index (χ0v) is 12.5. The van der Waals surface area contributed by atoms with E-state index in [2.05, 4.69) is 58.7 Å². The molecule has 0 saturated carbocycles. The van der Waals surface area contributed by atoms with Gasteiger partial charge in [-0.25, -0.2) is 0 Å². The highest BCUT2D eigenvalue weighted by Gasteiger charge is 2.20. The van der Waals surface area contributed by atoms with E-state index >= 15 is 0 Å². The van der Waals surface area contributed by atoms with E-state index in [-0.39, 0.29) is 6.04 Å². The summed E-state index contributed by atoms with van der Waals surface area (Å²) in [5, 5.41) is 10.3. The van der Waals surface area contributed by atoms with Crippen molar-refractivity contribution >= 4 is 10.8 Å². The molecule has 21 heavy (non-hydrogen) atoms. The number of hydrogen-bond acceptors (Lipinski definition) is 3. The average molecular weight is 280 g/mol. The largest absolute Gasteiger partial charge is 0.304 e. The summed E-state index contributed by atoms with van der Waals surface area (Å²) in [6, 6.07) is 12.5. The van der Waals surface area contributed by atoms with E-state index in [0.29, 0.717) is 0 Å². The van der Waals surface area contributed by atoms with Crippen LogP contribution in [0.1, 0.15) is 30.8 Å². The number of aromatic nitrogens is 3. The molecule has 1 unspecified atom stereocenters. The molecule has 0 bridgehead atoms. The van der Waals surface area contributed by atoms with Gasteiger partial charge < -0.3 is 5.32 Å². The third kappa shape index (κ3) is 2.67. The zero-order valence-electron chi connectivity index (χ0n) is 12.5. The van der Waals surface area contributed by atoms with Crippen LogP contribution in [0.4, 0.5) is 0 Å². The molecular weight excluding hydrogens is 260 g/mol. The van der Waals surface area contributed by atoms with Crippen molar-refractivity contribution in [1.29, 1.82) is 0 Å². The topological polar surface area (TPSA) is 42.7 Å². The maximum absolute atomic E-state index is 4.65. The van der Waals surface area contributed by atoms with Crippen molar-refractivity contribution in [2.24, 2.45) is 7.05 Å². The molecule has 0 radical (unpaired) electrons. The van der Waals surface area contributed by atoms with E-state index in [9.17, 15) is 0 Å². The van der Waals surface area contributed by atoms with Gasteiger partial charge in [-0.3, -0.25) is 9.67 Å². The molecule has 4 heteroatoms. The van der Waals surface area contributed by atoms with E-state index in [1.165, 1.54) is 10.8 Å². The molecule has 108 valence electrons. The van der Waals surface area contributed by atoms with Gasteiger partial charge in [0.15, 0.2) is 0 Å². The van der Waals surface area contributed by atoms with Crippen molar-refractivity contribution in [2.45, 2.75) is 19.4 Å². The Hall–Kier alpha value is -2.20. The van der Waals surface area contributed by atoms with Crippen LogP contribution in [0.2, 0.25) is 0 Å². The Morgan fingerprint density at radius 2 is 2.00 bits per heavy atom. The maximum Gasteiger partial charge on any atom is 0.0928 e. The highest BCUT2D eigenvalue weighted by molar-refractivity contribution is 5.85. The van der Waals surface area contributed by atoms with E-state index < -0.39 is 0 Å². The molecule has 0 amide bonds. The number of pyridine rings is 1. The minimum Gasteiger partial charge on any atom is -0.304 e. The molecule has 3 rings (SSSR count). The van der Waals surface area contributed by atoms with Crippen molar-refractivity contribution in [3.8, 4) is 0 Å². The van der Waals surface area contributed by atoms with Crippen LogP contribution in [0, 0.1) is 0 Å². The molecular formula is C17H20N4. The molecule has 0 saturated heterocycles. The summed E-state index contributed by atoms with van der Waals surface area (Å²) in [5.74, 6) is 0. The Morgan fingerprint density at radius 1 is 1.14 bits per heavy atom. The molecule has 1 atom stereocenters. The van der Waals surface area contributed by atoms with E-state index in [1.807, 2.05) is 24.1 Å². The van der Waals surface area contributed by atoms with Gasteiger partial charge in [-0.15, -0.1) is 0 Å². The van der Waals surface area contributed by atoms with Gasteiger partial charge in [-0.1, -0.05) is 31.2 Å². The van der Waals surface area contributed by atoms with Crippen molar-refractivity contribution in [3.05, 3.63) is 60.2 Å². The van der Waals surface area contributed by atoms with Crippen LogP contribution in [0.15, 0.2) is 48.8 Å². The van der Waals surface area contributed by atoms with Crippen LogP contribution < -0.4 is 5.32 Å². The summed E-state index contributed by atoms with van der Waals surface area (Å²) in [6.07, 6.45) is 4.80. The van der Waals surface area contributed by atoms with Gasteiger partial charge in [0.25, 0.3) is 0 Å². The standard InChI is InChI=1S/C17H20N4/c1-3-10-18-17(15-9-12-20-21(15)2)16-14-7-5-4-6-13(14)8-11-19-16/h4-9,11-12,17-18H,3,10H2,1-2H3. The van der Waals surface area contributed by atoms with Gasteiger partial charge in [-0.05, 0) is 30.5 Å². The van der Waals surface area contributed by atoms with Crippen molar-refractivity contribution in [2.75, 3.05) is 6.54 Å². The normalized spacial score (nSPS) is 12.7. The molecule has 1 N–H and O–H groups in total. The fraction of sp³-hybridized carbons (Fsp3) is 0.294. The minimum absolute atomic E-state index is 0.0588. The number of nitrogens with one attached hydrogen (secondary N) is 1. The average Bonchev–Trinajstić information content (AvgIpc) is 2.94. The van der Waals surface area contributed by atoms with E-state index in [4.69, 9.17) is 0 Å². The summed E-state index contributed by atoms with van der Waals surface area (Å²) in [7, 11) is 1.97. The highest BCUT2D eigenvalue weighted by Crippen LogP contribution is 2.26. The first-order chi connectivity index (χ1) is 10.3. The fourth-order valence-corrected chi connectivity index (χ4v) is 2.67. The van der Waals surface area contributed by atoms with Crippen molar-refractivity contribution in [1.82, 2.24) is 20.1 Å². The number of fused-ring (bicyclic) bond motifs is 1. The van der Waals surface area contributed by atoms with E-state index in [1.54, 1.807) is 0 Å². The van der Waals surface area contributed by atoms with Gasteiger partial charge in [-0.2, -0.15) is 5.10 Å². The molecule has 0 spiro atoms. The molecule has 4 nitrogen and oxygen atoms in total. The Labute approximate surface area is 124 Å². The number of hydrogen-bond donors (Lipinski definition) is 1. The van der Waals surface area contributed by atoms with Crippen LogP contribution in [-0.2, 0) is 7.05 Å². The highest BCUT2D eigenvalue weighted by atomic mass is 15.3. The number of rotatable bonds is 5. The van der Waals surface area contributed by atoms with Gasteiger partial charge in [0, 0.05) is 24.8 Å². The summed E-state index contributed by atoms with van der Waals surface area (Å²) < 4.78 is 1.91. The second-order valence-corrected chi connectivity index (χ2v) is 5.18. The van der Waals surface area contributed by atoms with Gasteiger partial charge in [0.05, 0.1) is 17.4 Å². The maximum atomic E-state index is 4.65. The molecule has 1 aromatic carbocycles. The summed E-state index contributed by atoms with van der Waals surface area (Å²) >= 11 is 0. The van der Waals surface area contributed by atoms with Crippen LogP contribution in [0.5, 0.6) is 0 Å². The molecule has 0 aliphatic carbocycles. The molecule has 0 aliphatic rings. The van der Waals surface area contributed by atoms with E-state index in [0.717, 1.165) is 24.4 Å². The predicted octanol–water partition coefficient (Wildman–Crippen LogP) is 3.06. The number of aryl methyl sites for hydroxylation is 1. The first-order valence-corrected chi connectivity index (χ1v) is 7.36. The van der Waals surface area contributed by atoms with Crippen LogP contribution in [0.3, 0.4) is 0 Å². The number of benzene rings is 1. The number of nitrogens with zero attached hydrogens (tertiary/aromatic N) is 3. The first kappa shape index (κ1) is 13.8. The second-order valence-electron chi connectivity index (χ2n) is 5.18. The molecule has 3 aromatic rings. The van der Waals surface area contributed by atoms with Crippen molar-refractivity contribution < 1.29 is 0 Å². The smallest absolute Gasteiger partial charge is 0.0928 e. The van der Waals surface area contributed by atoms with Gasteiger partial charge >= 0.3 is 0 Å². The lowest BCUT2D eigenvalue weighted by molar-refractivity contribution is 0.547. The van der Waals surface area contributed by atoms with Crippen LogP contribution in [0.25, 0.3) is 10.8 Å². The lowest BCUT2D eigenvalue weighted by atomic mass is 10.0. The quantitative estimate of drug-likeness (QED) is 0.781. The Balaban J connectivity index is 2.12. The lowest BCUT2D eigenvalue weighted by Crippen LogP contribution is -2.26. The Morgan fingerprint density at radius 3 is 2.76 bits per heavy atom. The SMILES string of the molecule is CCCNC(c1nccc2ccccc12)c1ccnn1C. The lowest BCUT2D eigenvalue weighted by Gasteiger charge is -2.20. The molecule has 2 aromatic heterocycles. The second kappa shape index (κ2) is 6.06. The van der Waals surface area contributed by atoms with Crippen molar-refractivity contribution in [3.63, 3.8) is 0 Å². The third-order valence-electron chi connectivity index (χ3n) is 3.73. The zero-order chi connectivity index (χ0) is 14.7. The summed E-state index contributed by atoms with van der Waals surface area (Å²) in [5.41, 5.74) is 2.19. The summed E-state index contributed by atoms with van der Waals surface area (Å²) in [6.45, 7) is 3.12.